The SMILES string of the molecule is COC(=O)c1ccc(OCC2CC2)c(C(F)(F)F)c1. The van der Waals surface area contributed by atoms with Gasteiger partial charge in [0, 0.05) is 0 Å². The van der Waals surface area contributed by atoms with Gasteiger partial charge < -0.3 is 9.47 Å². The monoisotopic (exact) mass is 274 g/mol. The van der Waals surface area contributed by atoms with Crippen molar-refractivity contribution in [1.82, 2.24) is 0 Å². The maximum atomic E-state index is 12.9. The van der Waals surface area contributed by atoms with Gasteiger partial charge in [-0.25, -0.2) is 4.79 Å². The fraction of sp³-hybridized carbons (Fsp3) is 0.462. The number of rotatable bonds is 4. The summed E-state index contributed by atoms with van der Waals surface area (Å²) in [5, 5.41) is 0. The Balaban J connectivity index is 2.27. The van der Waals surface area contributed by atoms with Crippen LogP contribution in [0, 0.1) is 5.92 Å². The molecule has 0 amide bonds. The maximum Gasteiger partial charge on any atom is 0.419 e. The Kier molecular flexibility index (Phi) is 3.68. The first-order chi connectivity index (χ1) is 8.91. The number of methoxy groups -OCH3 is 1. The molecule has 1 aromatic carbocycles. The summed E-state index contributed by atoms with van der Waals surface area (Å²) in [4.78, 5) is 11.2. The van der Waals surface area contributed by atoms with Crippen molar-refractivity contribution in [1.29, 1.82) is 0 Å². The lowest BCUT2D eigenvalue weighted by Gasteiger charge is -2.14. The van der Waals surface area contributed by atoms with Gasteiger partial charge in [0.05, 0.1) is 24.8 Å². The van der Waals surface area contributed by atoms with Gasteiger partial charge in [-0.1, -0.05) is 0 Å². The molecule has 2 rings (SSSR count). The largest absolute Gasteiger partial charge is 0.493 e. The molecule has 0 N–H and O–H groups in total. The van der Waals surface area contributed by atoms with Crippen LogP contribution in [0.25, 0.3) is 0 Å². The summed E-state index contributed by atoms with van der Waals surface area (Å²) in [6.07, 6.45) is -2.59. The van der Waals surface area contributed by atoms with Crippen molar-refractivity contribution in [3.63, 3.8) is 0 Å². The number of esters is 1. The summed E-state index contributed by atoms with van der Waals surface area (Å²) >= 11 is 0. The Bertz CT molecular complexity index is 479. The Hall–Kier alpha value is -1.72. The molecule has 0 aliphatic heterocycles. The number of hydrogen-bond donors (Lipinski definition) is 0. The fourth-order valence-electron chi connectivity index (χ4n) is 1.61. The van der Waals surface area contributed by atoms with E-state index in [1.807, 2.05) is 0 Å². The average Bonchev–Trinajstić information content (AvgIpc) is 3.18. The van der Waals surface area contributed by atoms with Crippen molar-refractivity contribution in [2.24, 2.45) is 5.92 Å². The third kappa shape index (κ3) is 3.39. The Labute approximate surface area is 108 Å². The first-order valence-electron chi connectivity index (χ1n) is 5.84. The molecule has 104 valence electrons. The second-order valence-electron chi connectivity index (χ2n) is 4.45. The molecule has 1 saturated carbocycles. The topological polar surface area (TPSA) is 35.5 Å². The molecule has 0 spiro atoms. The first kappa shape index (κ1) is 13.7. The molecule has 1 aliphatic carbocycles. The van der Waals surface area contributed by atoms with Crippen LogP contribution in [0.3, 0.4) is 0 Å². The molecular formula is C13H13F3O3. The van der Waals surface area contributed by atoms with Crippen molar-refractivity contribution in [2.75, 3.05) is 13.7 Å². The summed E-state index contributed by atoms with van der Waals surface area (Å²) in [6.45, 7) is 0.278. The smallest absolute Gasteiger partial charge is 0.419 e. The molecule has 3 nitrogen and oxygen atoms in total. The normalized spacial score (nSPS) is 15.2. The highest BCUT2D eigenvalue weighted by Gasteiger charge is 2.35. The summed E-state index contributed by atoms with van der Waals surface area (Å²) in [6, 6.07) is 3.19. The van der Waals surface area contributed by atoms with Crippen LogP contribution in [-0.4, -0.2) is 19.7 Å². The van der Waals surface area contributed by atoms with E-state index in [0.717, 1.165) is 32.1 Å². The van der Waals surface area contributed by atoms with Crippen LogP contribution in [0.5, 0.6) is 5.75 Å². The number of carbonyl (C=O) groups excluding carboxylic acids is 1. The van der Waals surface area contributed by atoms with Crippen LogP contribution in [0.2, 0.25) is 0 Å². The van der Waals surface area contributed by atoms with Gasteiger partial charge >= 0.3 is 12.1 Å². The summed E-state index contributed by atoms with van der Waals surface area (Å²) in [5.41, 5.74) is -1.09. The molecule has 0 atom stereocenters. The molecule has 1 fully saturated rings. The predicted octanol–water partition coefficient (Wildman–Crippen LogP) is 3.28. The van der Waals surface area contributed by atoms with Gasteiger partial charge in [-0.15, -0.1) is 0 Å². The molecule has 0 heterocycles. The lowest BCUT2D eigenvalue weighted by atomic mass is 10.1. The molecule has 1 aromatic rings. The molecule has 6 heteroatoms. The van der Waals surface area contributed by atoms with Crippen LogP contribution < -0.4 is 4.74 Å². The molecular weight excluding hydrogens is 261 g/mol. The van der Waals surface area contributed by atoms with Crippen LogP contribution >= 0.6 is 0 Å². The average molecular weight is 274 g/mol. The summed E-state index contributed by atoms with van der Waals surface area (Å²) in [7, 11) is 1.12. The molecule has 0 saturated heterocycles. The van der Waals surface area contributed by atoms with Crippen molar-refractivity contribution < 1.29 is 27.4 Å². The van der Waals surface area contributed by atoms with E-state index in [4.69, 9.17) is 4.74 Å². The van der Waals surface area contributed by atoms with E-state index in [1.54, 1.807) is 0 Å². The van der Waals surface area contributed by atoms with E-state index < -0.39 is 17.7 Å². The van der Waals surface area contributed by atoms with Gasteiger partial charge in [0.1, 0.15) is 5.75 Å². The molecule has 0 unspecified atom stereocenters. The fourth-order valence-corrected chi connectivity index (χ4v) is 1.61. The molecule has 19 heavy (non-hydrogen) atoms. The molecule has 0 bridgehead atoms. The van der Waals surface area contributed by atoms with Gasteiger partial charge in [0.15, 0.2) is 0 Å². The first-order valence-corrected chi connectivity index (χ1v) is 5.84. The van der Waals surface area contributed by atoms with Gasteiger partial charge in [-0.05, 0) is 37.0 Å². The van der Waals surface area contributed by atoms with Gasteiger partial charge in [0.2, 0.25) is 0 Å². The highest BCUT2D eigenvalue weighted by Crippen LogP contribution is 2.38. The summed E-state index contributed by atoms with van der Waals surface area (Å²) < 4.78 is 48.3. The van der Waals surface area contributed by atoms with E-state index in [1.165, 1.54) is 6.07 Å². The van der Waals surface area contributed by atoms with Crippen LogP contribution in [-0.2, 0) is 10.9 Å². The minimum atomic E-state index is -4.57. The van der Waals surface area contributed by atoms with E-state index in [-0.39, 0.29) is 17.9 Å². The van der Waals surface area contributed by atoms with Gasteiger partial charge in [0.25, 0.3) is 0 Å². The van der Waals surface area contributed by atoms with E-state index in [2.05, 4.69) is 4.74 Å². The Morgan fingerprint density at radius 3 is 2.58 bits per heavy atom. The zero-order chi connectivity index (χ0) is 14.0. The predicted molar refractivity (Wildman–Crippen MR) is 61.0 cm³/mol. The molecule has 0 radical (unpaired) electrons. The Morgan fingerprint density at radius 1 is 1.37 bits per heavy atom. The minimum Gasteiger partial charge on any atom is -0.493 e. The highest BCUT2D eigenvalue weighted by molar-refractivity contribution is 5.89. The van der Waals surface area contributed by atoms with Crippen LogP contribution in [0.1, 0.15) is 28.8 Å². The number of alkyl halides is 3. The summed E-state index contributed by atoms with van der Waals surface area (Å²) in [5.74, 6) is -0.701. The standard InChI is InChI=1S/C13H13F3O3/c1-18-12(17)9-4-5-11(19-7-8-2-3-8)10(6-9)13(14,15)16/h4-6,8H,2-3,7H2,1H3. The number of carbonyl (C=O) groups is 1. The van der Waals surface area contributed by atoms with E-state index in [9.17, 15) is 18.0 Å². The molecule has 1 aliphatic rings. The second kappa shape index (κ2) is 5.11. The zero-order valence-corrected chi connectivity index (χ0v) is 10.3. The number of hydrogen-bond acceptors (Lipinski definition) is 3. The highest BCUT2D eigenvalue weighted by atomic mass is 19.4. The molecule has 0 aromatic heterocycles. The van der Waals surface area contributed by atoms with Crippen LogP contribution in [0.4, 0.5) is 13.2 Å². The minimum absolute atomic E-state index is 0.145. The van der Waals surface area contributed by atoms with E-state index >= 15 is 0 Å². The van der Waals surface area contributed by atoms with E-state index in [0.29, 0.717) is 5.92 Å². The van der Waals surface area contributed by atoms with Gasteiger partial charge in [-0.3, -0.25) is 0 Å². The zero-order valence-electron chi connectivity index (χ0n) is 10.3. The Morgan fingerprint density at radius 2 is 2.05 bits per heavy atom. The van der Waals surface area contributed by atoms with Gasteiger partial charge in [-0.2, -0.15) is 13.2 Å². The number of ether oxygens (including phenoxy) is 2. The number of halogens is 3. The lowest BCUT2D eigenvalue weighted by molar-refractivity contribution is -0.139. The van der Waals surface area contributed by atoms with Crippen molar-refractivity contribution >= 4 is 5.97 Å². The van der Waals surface area contributed by atoms with Crippen molar-refractivity contribution in [3.05, 3.63) is 29.3 Å². The van der Waals surface area contributed by atoms with Crippen LogP contribution in [0.15, 0.2) is 18.2 Å². The third-order valence-corrected chi connectivity index (χ3v) is 2.88. The second-order valence-corrected chi connectivity index (χ2v) is 4.45. The number of benzene rings is 1. The van der Waals surface area contributed by atoms with Crippen molar-refractivity contribution in [3.8, 4) is 5.75 Å². The maximum absolute atomic E-state index is 12.9. The quantitative estimate of drug-likeness (QED) is 0.790. The lowest BCUT2D eigenvalue weighted by Crippen LogP contribution is -2.12. The third-order valence-electron chi connectivity index (χ3n) is 2.88. The van der Waals surface area contributed by atoms with Crippen molar-refractivity contribution in [2.45, 2.75) is 19.0 Å².